The average Bonchev–Trinajstić information content (AvgIpc) is 3.33. The van der Waals surface area contributed by atoms with Crippen LogP contribution in [0.3, 0.4) is 0 Å². The van der Waals surface area contributed by atoms with Crippen LogP contribution in [0, 0.1) is 12.8 Å². The van der Waals surface area contributed by atoms with Crippen molar-refractivity contribution in [3.8, 4) is 17.0 Å². The van der Waals surface area contributed by atoms with E-state index in [2.05, 4.69) is 56.5 Å². The minimum atomic E-state index is -0.0115. The van der Waals surface area contributed by atoms with Gasteiger partial charge in [-0.1, -0.05) is 35.0 Å². The summed E-state index contributed by atoms with van der Waals surface area (Å²) in [6, 6.07) is 15.9. The molecule has 1 N–H and O–H groups in total. The molecule has 0 saturated carbocycles. The Morgan fingerprint density at radius 3 is 2.53 bits per heavy atom. The van der Waals surface area contributed by atoms with Crippen molar-refractivity contribution >= 4 is 22.8 Å². The van der Waals surface area contributed by atoms with E-state index in [0.717, 1.165) is 54.0 Å². The molecule has 1 amide bonds. The molecule has 0 spiro atoms. The van der Waals surface area contributed by atoms with Gasteiger partial charge in [-0.25, -0.2) is 4.98 Å². The van der Waals surface area contributed by atoms with E-state index in [1.807, 2.05) is 24.3 Å². The second-order valence-electron chi connectivity index (χ2n) is 8.60. The van der Waals surface area contributed by atoms with Gasteiger partial charge in [0.1, 0.15) is 29.0 Å². The number of piperidine rings is 1. The molecule has 8 heteroatoms. The Morgan fingerprint density at radius 1 is 1.09 bits per heavy atom. The number of methoxy groups -OCH3 is 1. The molecule has 34 heavy (non-hydrogen) atoms. The van der Waals surface area contributed by atoms with Crippen LogP contribution in [-0.2, 0) is 11.3 Å². The summed E-state index contributed by atoms with van der Waals surface area (Å²) >= 11 is 0. The number of carbonyl (C=O) groups excluding carboxylic acids is 1. The number of carbonyl (C=O) groups is 1. The van der Waals surface area contributed by atoms with Crippen LogP contribution >= 0.6 is 0 Å². The minimum Gasteiger partial charge on any atom is -0.497 e. The summed E-state index contributed by atoms with van der Waals surface area (Å²) < 4.78 is 10.8. The van der Waals surface area contributed by atoms with Gasteiger partial charge < -0.3 is 19.5 Å². The number of ether oxygens (including phenoxy) is 1. The van der Waals surface area contributed by atoms with Crippen molar-refractivity contribution in [3.63, 3.8) is 0 Å². The first-order valence-corrected chi connectivity index (χ1v) is 11.5. The van der Waals surface area contributed by atoms with Gasteiger partial charge in [0, 0.05) is 31.1 Å². The first-order valence-electron chi connectivity index (χ1n) is 11.5. The molecule has 3 heterocycles. The normalized spacial score (nSPS) is 14.4. The summed E-state index contributed by atoms with van der Waals surface area (Å²) in [5.74, 6) is 1.66. The van der Waals surface area contributed by atoms with Crippen molar-refractivity contribution in [2.75, 3.05) is 25.1 Å². The quantitative estimate of drug-likeness (QED) is 0.465. The fourth-order valence-electron chi connectivity index (χ4n) is 4.35. The van der Waals surface area contributed by atoms with Crippen molar-refractivity contribution < 1.29 is 14.1 Å². The van der Waals surface area contributed by atoms with Crippen molar-refractivity contribution in [3.05, 3.63) is 66.0 Å². The number of hydrogen-bond donors (Lipinski definition) is 1. The summed E-state index contributed by atoms with van der Waals surface area (Å²) in [6.45, 7) is 4.06. The van der Waals surface area contributed by atoms with Crippen LogP contribution in [0.15, 0.2) is 59.4 Å². The Kier molecular flexibility index (Phi) is 6.12. The summed E-state index contributed by atoms with van der Waals surface area (Å²) in [5, 5.41) is 8.15. The fraction of sp³-hybridized carbons (Fsp3) is 0.308. The van der Waals surface area contributed by atoms with Crippen molar-refractivity contribution in [2.24, 2.45) is 5.92 Å². The maximum atomic E-state index is 12.8. The molecule has 5 rings (SSSR count). The van der Waals surface area contributed by atoms with Gasteiger partial charge in [-0.15, -0.1) is 0 Å². The zero-order valence-corrected chi connectivity index (χ0v) is 19.3. The number of hydrogen-bond acceptors (Lipinski definition) is 7. The van der Waals surface area contributed by atoms with E-state index in [4.69, 9.17) is 9.26 Å². The second-order valence-corrected chi connectivity index (χ2v) is 8.60. The summed E-state index contributed by atoms with van der Waals surface area (Å²) in [7, 11) is 1.64. The van der Waals surface area contributed by atoms with Crippen LogP contribution < -0.4 is 15.0 Å². The maximum Gasteiger partial charge on any atom is 0.263 e. The Morgan fingerprint density at radius 2 is 1.82 bits per heavy atom. The maximum absolute atomic E-state index is 12.8. The predicted octanol–water partition coefficient (Wildman–Crippen LogP) is 4.13. The Labute approximate surface area is 197 Å². The zero-order valence-electron chi connectivity index (χ0n) is 19.3. The molecule has 0 atom stereocenters. The van der Waals surface area contributed by atoms with Crippen LogP contribution in [-0.4, -0.2) is 41.2 Å². The van der Waals surface area contributed by atoms with Crippen molar-refractivity contribution in [2.45, 2.75) is 26.3 Å². The van der Waals surface area contributed by atoms with E-state index >= 15 is 0 Å². The fourth-order valence-corrected chi connectivity index (χ4v) is 4.35. The van der Waals surface area contributed by atoms with Gasteiger partial charge in [0.15, 0.2) is 0 Å². The van der Waals surface area contributed by atoms with E-state index in [-0.39, 0.29) is 11.8 Å². The predicted molar refractivity (Wildman–Crippen MR) is 130 cm³/mol. The monoisotopic (exact) mass is 457 g/mol. The van der Waals surface area contributed by atoms with Crippen LogP contribution in [0.2, 0.25) is 0 Å². The van der Waals surface area contributed by atoms with Gasteiger partial charge in [0.25, 0.3) is 5.71 Å². The number of aromatic nitrogens is 3. The van der Waals surface area contributed by atoms with E-state index in [0.29, 0.717) is 18.0 Å². The third kappa shape index (κ3) is 4.44. The highest BCUT2D eigenvalue weighted by molar-refractivity contribution is 5.98. The van der Waals surface area contributed by atoms with E-state index in [1.54, 1.807) is 7.11 Å². The highest BCUT2D eigenvalue weighted by Gasteiger charge is 2.28. The molecule has 4 aromatic rings. The molecule has 8 nitrogen and oxygen atoms in total. The molecule has 0 bridgehead atoms. The van der Waals surface area contributed by atoms with E-state index in [1.165, 1.54) is 11.9 Å². The molecule has 1 fully saturated rings. The Hall–Kier alpha value is -3.94. The number of anilines is 1. The van der Waals surface area contributed by atoms with Crippen LogP contribution in [0.4, 0.5) is 5.82 Å². The zero-order chi connectivity index (χ0) is 23.5. The third-order valence-electron chi connectivity index (χ3n) is 6.37. The smallest absolute Gasteiger partial charge is 0.263 e. The largest absolute Gasteiger partial charge is 0.497 e. The molecule has 1 saturated heterocycles. The Bertz CT molecular complexity index is 1280. The Balaban J connectivity index is 1.28. The van der Waals surface area contributed by atoms with Gasteiger partial charge in [0.2, 0.25) is 5.91 Å². The molecule has 1 aliphatic rings. The molecule has 2 aromatic carbocycles. The number of fused-ring (bicyclic) bond motifs is 1. The number of nitrogens with one attached hydrogen (secondary N) is 1. The topological polar surface area (TPSA) is 93.4 Å². The van der Waals surface area contributed by atoms with Gasteiger partial charge in [-0.3, -0.25) is 4.79 Å². The van der Waals surface area contributed by atoms with Gasteiger partial charge in [-0.05, 0) is 49.6 Å². The third-order valence-corrected chi connectivity index (χ3v) is 6.37. The molecule has 174 valence electrons. The molecular formula is C26H27N5O3. The van der Waals surface area contributed by atoms with E-state index < -0.39 is 0 Å². The van der Waals surface area contributed by atoms with Crippen LogP contribution in [0.5, 0.6) is 5.75 Å². The molecule has 2 aromatic heterocycles. The number of rotatable bonds is 6. The number of benzene rings is 2. The molecule has 0 radical (unpaired) electrons. The lowest BCUT2D eigenvalue weighted by Crippen LogP contribution is -2.40. The highest BCUT2D eigenvalue weighted by Crippen LogP contribution is 2.35. The lowest BCUT2D eigenvalue weighted by molar-refractivity contribution is -0.125. The van der Waals surface area contributed by atoms with Crippen molar-refractivity contribution in [1.29, 1.82) is 0 Å². The molecule has 0 aliphatic carbocycles. The number of nitrogens with zero attached hydrogens (tertiary/aromatic N) is 4. The first-order chi connectivity index (χ1) is 16.6. The van der Waals surface area contributed by atoms with Gasteiger partial charge in [-0.2, -0.15) is 4.98 Å². The molecule has 1 aliphatic heterocycles. The lowest BCUT2D eigenvalue weighted by atomic mass is 9.95. The van der Waals surface area contributed by atoms with Crippen LogP contribution in [0.1, 0.15) is 24.0 Å². The number of aryl methyl sites for hydroxylation is 1. The first kappa shape index (κ1) is 21.9. The average molecular weight is 458 g/mol. The van der Waals surface area contributed by atoms with Gasteiger partial charge >= 0.3 is 0 Å². The molecule has 0 unspecified atom stereocenters. The minimum absolute atomic E-state index is 0.0115. The second kappa shape index (κ2) is 9.51. The number of amides is 1. The van der Waals surface area contributed by atoms with E-state index in [9.17, 15) is 4.79 Å². The van der Waals surface area contributed by atoms with Gasteiger partial charge in [0.05, 0.1) is 7.11 Å². The lowest BCUT2D eigenvalue weighted by Gasteiger charge is -2.32. The molecular weight excluding hydrogens is 430 g/mol. The SMILES string of the molecule is COc1ccc(-c2noc3ncnc(N4CCC(C(=O)NCc5ccc(C)cc5)CC4)c23)cc1. The summed E-state index contributed by atoms with van der Waals surface area (Å²) in [4.78, 5) is 23.8. The standard InChI is InChI=1S/C26H27N5O3/c1-17-3-5-18(6-4-17)15-27-25(32)20-11-13-31(14-12-20)24-22-23(30-34-26(22)29-16-28-24)19-7-9-21(33-2)10-8-19/h3-10,16,20H,11-15H2,1-2H3,(H,27,32). The summed E-state index contributed by atoms with van der Waals surface area (Å²) in [6.07, 6.45) is 3.02. The summed E-state index contributed by atoms with van der Waals surface area (Å²) in [5.41, 5.74) is 4.38. The van der Waals surface area contributed by atoms with Crippen LogP contribution in [0.25, 0.3) is 22.4 Å². The highest BCUT2D eigenvalue weighted by atomic mass is 16.5. The van der Waals surface area contributed by atoms with Crippen molar-refractivity contribution in [1.82, 2.24) is 20.4 Å².